The number of hydrogen-bond acceptors (Lipinski definition) is 6. The van der Waals surface area contributed by atoms with Crippen LogP contribution in [0.25, 0.3) is 10.8 Å². The molecule has 0 aliphatic rings. The van der Waals surface area contributed by atoms with E-state index in [1.807, 2.05) is 19.0 Å². The Morgan fingerprint density at radius 1 is 1.12 bits per heavy atom. The van der Waals surface area contributed by atoms with Gasteiger partial charge in [-0.15, -0.1) is 0 Å². The molecular weight excluding hydrogens is 456 g/mol. The lowest BCUT2D eigenvalue weighted by molar-refractivity contribution is -0.140. The highest BCUT2D eigenvalue weighted by Crippen LogP contribution is 2.34. The topological polar surface area (TPSA) is 75.4 Å². The molecule has 3 aromatic rings. The number of aromatic nitrogens is 3. The minimum absolute atomic E-state index is 0.0824. The molecule has 0 aliphatic carbocycles. The number of nitrogens with one attached hydrogen (secondary N) is 1. The fourth-order valence-electron chi connectivity index (χ4n) is 3.52. The fraction of sp³-hybridized carbons (Fsp3) is 0.409. The van der Waals surface area contributed by atoms with Crippen LogP contribution in [0.2, 0.25) is 0 Å². The second-order valence-electron chi connectivity index (χ2n) is 8.32. The van der Waals surface area contributed by atoms with Gasteiger partial charge in [-0.05, 0) is 27.1 Å². The molecule has 2 heterocycles. The maximum Gasteiger partial charge on any atom is 0.419 e. The number of hydrogen-bond donors (Lipinski definition) is 1. The van der Waals surface area contributed by atoms with Crippen LogP contribution in [0.1, 0.15) is 24.1 Å². The molecule has 1 aromatic carbocycles. The summed E-state index contributed by atoms with van der Waals surface area (Å²) < 4.78 is 56.4. The first-order chi connectivity index (χ1) is 15.8. The van der Waals surface area contributed by atoms with Gasteiger partial charge in [-0.1, -0.05) is 12.1 Å². The van der Waals surface area contributed by atoms with Gasteiger partial charge in [0, 0.05) is 45.0 Å². The molecule has 0 amide bonds. The lowest BCUT2D eigenvalue weighted by Crippen LogP contribution is -2.42. The summed E-state index contributed by atoms with van der Waals surface area (Å²) in [6.45, 7) is 2.65. The number of rotatable bonds is 7. The minimum Gasteiger partial charge on any atom is -0.361 e. The summed E-state index contributed by atoms with van der Waals surface area (Å²) in [4.78, 5) is 27.2. The number of likely N-dealkylation sites (N-methyl/N-ethyl adjacent to an activating group) is 2. The highest BCUT2D eigenvalue weighted by Gasteiger charge is 2.35. The standard InChI is InChI=1S/C22H26F4N6O2/c1-13(14-7-6-8-17(19(14)23)22(24,25)26)27-20-16-12-32(30(4)10-9-29(2)3)18(33)11-15(16)21(34)31(5)28-20/h6-8,11-13H,9-10H2,1-5H3,(H,27,28)/t13-/m1/s1. The van der Waals surface area contributed by atoms with Crippen LogP contribution in [0.3, 0.4) is 0 Å². The zero-order chi connectivity index (χ0) is 25.4. The summed E-state index contributed by atoms with van der Waals surface area (Å²) in [5.74, 6) is -1.26. The molecule has 1 N–H and O–H groups in total. The minimum atomic E-state index is -4.84. The van der Waals surface area contributed by atoms with Crippen LogP contribution in [0.5, 0.6) is 0 Å². The Balaban J connectivity index is 2.09. The largest absolute Gasteiger partial charge is 0.419 e. The summed E-state index contributed by atoms with van der Waals surface area (Å²) in [5.41, 5.74) is -2.53. The molecule has 34 heavy (non-hydrogen) atoms. The number of nitrogens with zero attached hydrogens (tertiary/aromatic N) is 5. The molecule has 0 bridgehead atoms. The average molecular weight is 482 g/mol. The third kappa shape index (κ3) is 5.06. The number of fused-ring (bicyclic) bond motifs is 1. The SMILES string of the molecule is C[C@@H](Nc1nn(C)c(=O)c2cc(=O)n(N(C)CCN(C)C)cc12)c1cccc(C(F)(F)F)c1F. The second-order valence-corrected chi connectivity index (χ2v) is 8.32. The van der Waals surface area contributed by atoms with E-state index in [1.165, 1.54) is 37.0 Å². The number of aryl methyl sites for hydroxylation is 1. The van der Waals surface area contributed by atoms with E-state index >= 15 is 0 Å². The number of pyridine rings is 1. The normalized spacial score (nSPS) is 12.9. The number of anilines is 1. The summed E-state index contributed by atoms with van der Waals surface area (Å²) in [7, 11) is 6.87. The second kappa shape index (κ2) is 9.45. The first-order valence-corrected chi connectivity index (χ1v) is 10.4. The van der Waals surface area contributed by atoms with E-state index in [1.54, 1.807) is 12.1 Å². The highest BCUT2D eigenvalue weighted by molar-refractivity contribution is 5.90. The number of alkyl halides is 3. The Kier molecular flexibility index (Phi) is 7.01. The van der Waals surface area contributed by atoms with Gasteiger partial charge in [0.25, 0.3) is 11.1 Å². The molecule has 0 radical (unpaired) electrons. The molecule has 0 aliphatic heterocycles. The van der Waals surface area contributed by atoms with Crippen molar-refractivity contribution < 1.29 is 17.6 Å². The van der Waals surface area contributed by atoms with Crippen molar-refractivity contribution in [3.05, 3.63) is 68.1 Å². The average Bonchev–Trinajstić information content (AvgIpc) is 2.74. The summed E-state index contributed by atoms with van der Waals surface area (Å²) in [6, 6.07) is 3.31. The monoisotopic (exact) mass is 482 g/mol. The van der Waals surface area contributed by atoms with Crippen molar-refractivity contribution in [2.45, 2.75) is 19.1 Å². The first kappa shape index (κ1) is 25.2. The third-order valence-electron chi connectivity index (χ3n) is 5.46. The van der Waals surface area contributed by atoms with Crippen molar-refractivity contribution in [2.75, 3.05) is 44.6 Å². The predicted molar refractivity (Wildman–Crippen MR) is 122 cm³/mol. The van der Waals surface area contributed by atoms with E-state index in [0.29, 0.717) is 19.2 Å². The zero-order valence-corrected chi connectivity index (χ0v) is 19.4. The van der Waals surface area contributed by atoms with Crippen molar-refractivity contribution >= 4 is 16.6 Å². The van der Waals surface area contributed by atoms with Gasteiger partial charge in [-0.25, -0.2) is 13.7 Å². The van der Waals surface area contributed by atoms with E-state index in [4.69, 9.17) is 0 Å². The Labute approximate surface area is 193 Å². The van der Waals surface area contributed by atoms with E-state index in [9.17, 15) is 27.2 Å². The molecule has 0 saturated carbocycles. The molecule has 0 spiro atoms. The molecular formula is C22H26F4N6O2. The van der Waals surface area contributed by atoms with Gasteiger partial charge in [0.2, 0.25) is 0 Å². The Morgan fingerprint density at radius 2 is 1.79 bits per heavy atom. The van der Waals surface area contributed by atoms with E-state index in [-0.39, 0.29) is 22.2 Å². The van der Waals surface area contributed by atoms with Crippen LogP contribution >= 0.6 is 0 Å². The Hall–Kier alpha value is -3.41. The molecule has 3 rings (SSSR count). The lowest BCUT2D eigenvalue weighted by atomic mass is 10.0. The summed E-state index contributed by atoms with van der Waals surface area (Å²) in [5, 5.41) is 9.11. The molecule has 0 fully saturated rings. The van der Waals surface area contributed by atoms with Gasteiger partial charge in [0.05, 0.1) is 22.4 Å². The molecule has 12 heteroatoms. The first-order valence-electron chi connectivity index (χ1n) is 10.4. The van der Waals surface area contributed by atoms with Crippen LogP contribution in [0.15, 0.2) is 40.1 Å². The van der Waals surface area contributed by atoms with Crippen molar-refractivity contribution in [1.29, 1.82) is 0 Å². The molecule has 2 aromatic heterocycles. The fourth-order valence-corrected chi connectivity index (χ4v) is 3.52. The molecule has 0 unspecified atom stereocenters. The van der Waals surface area contributed by atoms with Gasteiger partial charge in [-0.2, -0.15) is 18.3 Å². The third-order valence-corrected chi connectivity index (χ3v) is 5.46. The van der Waals surface area contributed by atoms with Crippen molar-refractivity contribution in [3.8, 4) is 0 Å². The smallest absolute Gasteiger partial charge is 0.361 e. The quantitative estimate of drug-likeness (QED) is 0.522. The van der Waals surface area contributed by atoms with Crippen LogP contribution in [0.4, 0.5) is 23.4 Å². The van der Waals surface area contributed by atoms with Gasteiger partial charge in [0.1, 0.15) is 5.82 Å². The van der Waals surface area contributed by atoms with Gasteiger partial charge in [-0.3, -0.25) is 9.59 Å². The maximum atomic E-state index is 14.7. The van der Waals surface area contributed by atoms with Crippen LogP contribution in [-0.2, 0) is 13.2 Å². The van der Waals surface area contributed by atoms with Gasteiger partial charge < -0.3 is 15.2 Å². The lowest BCUT2D eigenvalue weighted by Gasteiger charge is -2.24. The number of benzene rings is 1. The van der Waals surface area contributed by atoms with Crippen LogP contribution < -0.4 is 21.4 Å². The Bertz CT molecular complexity index is 1320. The summed E-state index contributed by atoms with van der Waals surface area (Å²) >= 11 is 0. The number of halogens is 4. The molecule has 1 atom stereocenters. The van der Waals surface area contributed by atoms with E-state index in [2.05, 4.69) is 10.4 Å². The van der Waals surface area contributed by atoms with Crippen molar-refractivity contribution in [1.82, 2.24) is 19.4 Å². The maximum absolute atomic E-state index is 14.7. The van der Waals surface area contributed by atoms with Crippen molar-refractivity contribution in [2.24, 2.45) is 7.05 Å². The zero-order valence-electron chi connectivity index (χ0n) is 19.4. The van der Waals surface area contributed by atoms with Crippen LogP contribution in [-0.4, -0.2) is 53.6 Å². The summed E-state index contributed by atoms with van der Waals surface area (Å²) in [6.07, 6.45) is -3.39. The van der Waals surface area contributed by atoms with Gasteiger partial charge >= 0.3 is 6.18 Å². The Morgan fingerprint density at radius 3 is 2.41 bits per heavy atom. The van der Waals surface area contributed by atoms with Gasteiger partial charge in [0.15, 0.2) is 5.82 Å². The van der Waals surface area contributed by atoms with E-state index in [0.717, 1.165) is 10.7 Å². The van der Waals surface area contributed by atoms with E-state index < -0.39 is 34.7 Å². The van der Waals surface area contributed by atoms with Crippen LogP contribution in [0, 0.1) is 5.82 Å². The predicted octanol–water partition coefficient (Wildman–Crippen LogP) is 2.56. The molecule has 184 valence electrons. The molecule has 0 saturated heterocycles. The highest BCUT2D eigenvalue weighted by atomic mass is 19.4. The molecule has 8 nitrogen and oxygen atoms in total. The van der Waals surface area contributed by atoms with Crippen molar-refractivity contribution in [3.63, 3.8) is 0 Å².